The van der Waals surface area contributed by atoms with Crippen LogP contribution in [0.15, 0.2) is 42.5 Å². The number of nitrogens with one attached hydrogen (secondary N) is 1. The zero-order valence-corrected chi connectivity index (χ0v) is 18.0. The smallest absolute Gasteiger partial charge is 0.375 e. The number of amides is 1. The zero-order chi connectivity index (χ0) is 23.7. The zero-order valence-electron chi connectivity index (χ0n) is 17.1. The van der Waals surface area contributed by atoms with Crippen molar-refractivity contribution in [2.45, 2.75) is 31.0 Å². The van der Waals surface area contributed by atoms with E-state index < -0.39 is 48.0 Å². The molecule has 0 aliphatic carbocycles. The van der Waals surface area contributed by atoms with E-state index in [1.165, 1.54) is 36.2 Å². The maximum atomic E-state index is 13.2. The summed E-state index contributed by atoms with van der Waals surface area (Å²) >= 11 is 0. The number of benzene rings is 2. The van der Waals surface area contributed by atoms with Crippen LogP contribution in [0.3, 0.4) is 0 Å². The Labute approximate surface area is 191 Å². The van der Waals surface area contributed by atoms with Crippen molar-refractivity contribution in [3.8, 4) is 0 Å². The van der Waals surface area contributed by atoms with E-state index >= 15 is 0 Å². The number of halogens is 8. The highest BCUT2D eigenvalue weighted by atomic mass is 35.5. The molecule has 1 aliphatic rings. The summed E-state index contributed by atoms with van der Waals surface area (Å²) in [5, 5.41) is 3.00. The lowest BCUT2D eigenvalue weighted by atomic mass is 9.96. The third-order valence-electron chi connectivity index (χ3n) is 5.18. The summed E-state index contributed by atoms with van der Waals surface area (Å²) in [7, 11) is 1.51. The van der Waals surface area contributed by atoms with E-state index in [0.717, 1.165) is 0 Å². The lowest BCUT2D eigenvalue weighted by molar-refractivity contribution is -0.143. The molecule has 33 heavy (non-hydrogen) atoms. The summed E-state index contributed by atoms with van der Waals surface area (Å²) in [5.41, 5.74) is -2.51. The first-order valence-electron chi connectivity index (χ1n) is 9.47. The Morgan fingerprint density at radius 1 is 1.00 bits per heavy atom. The van der Waals surface area contributed by atoms with Crippen molar-refractivity contribution in [2.24, 2.45) is 0 Å². The molecule has 2 atom stereocenters. The van der Waals surface area contributed by atoms with Crippen molar-refractivity contribution >= 4 is 18.3 Å². The van der Waals surface area contributed by atoms with Crippen LogP contribution in [0.4, 0.5) is 30.7 Å². The largest absolute Gasteiger partial charge is 0.416 e. The molecule has 182 valence electrons. The van der Waals surface area contributed by atoms with Gasteiger partial charge >= 0.3 is 12.4 Å². The van der Waals surface area contributed by atoms with Gasteiger partial charge in [-0.3, -0.25) is 10.1 Å². The minimum absolute atomic E-state index is 0. The molecule has 1 saturated heterocycles. The highest BCUT2D eigenvalue weighted by Crippen LogP contribution is 2.36. The fourth-order valence-corrected chi connectivity index (χ4v) is 3.48. The fourth-order valence-electron chi connectivity index (χ4n) is 3.48. The maximum Gasteiger partial charge on any atom is 0.416 e. The molecular formula is C21H20ClF7N2O2. The highest BCUT2D eigenvalue weighted by molar-refractivity contribution is 5.85. The second kappa shape index (κ2) is 10.3. The van der Waals surface area contributed by atoms with Crippen LogP contribution < -0.4 is 5.32 Å². The van der Waals surface area contributed by atoms with E-state index in [9.17, 15) is 35.5 Å². The number of nitrogens with zero attached hydrogens (tertiary/aromatic N) is 1. The predicted octanol–water partition coefficient (Wildman–Crippen LogP) is 4.97. The molecule has 2 aromatic rings. The Bertz CT molecular complexity index is 932. The number of rotatable bonds is 5. The van der Waals surface area contributed by atoms with Gasteiger partial charge in [0.1, 0.15) is 5.82 Å². The molecule has 1 N–H and O–H groups in total. The van der Waals surface area contributed by atoms with E-state index in [2.05, 4.69) is 5.32 Å². The van der Waals surface area contributed by atoms with Gasteiger partial charge in [-0.1, -0.05) is 12.1 Å². The molecule has 12 heteroatoms. The minimum Gasteiger partial charge on any atom is -0.375 e. The molecule has 0 saturated carbocycles. The molecule has 4 nitrogen and oxygen atoms in total. The Morgan fingerprint density at radius 3 is 2.06 bits per heavy atom. The van der Waals surface area contributed by atoms with E-state index in [-0.39, 0.29) is 43.1 Å². The van der Waals surface area contributed by atoms with Gasteiger partial charge in [0.05, 0.1) is 43.0 Å². The molecule has 0 aromatic heterocycles. The number of hydrogen-bond donors (Lipinski definition) is 1. The topological polar surface area (TPSA) is 41.6 Å². The quantitative estimate of drug-likeness (QED) is 0.589. The van der Waals surface area contributed by atoms with Gasteiger partial charge in [0.2, 0.25) is 5.91 Å². The molecule has 0 unspecified atom stereocenters. The lowest BCUT2D eigenvalue weighted by Crippen LogP contribution is -2.56. The van der Waals surface area contributed by atoms with Crippen molar-refractivity contribution in [1.29, 1.82) is 0 Å². The number of carbonyl (C=O) groups is 1. The molecule has 1 aliphatic heterocycles. The van der Waals surface area contributed by atoms with Gasteiger partial charge < -0.3 is 9.64 Å². The number of ether oxygens (including phenoxy) is 1. The van der Waals surface area contributed by atoms with Crippen LogP contribution in [0.1, 0.15) is 28.3 Å². The van der Waals surface area contributed by atoms with Gasteiger partial charge in [0.25, 0.3) is 0 Å². The molecular weight excluding hydrogens is 481 g/mol. The van der Waals surface area contributed by atoms with Crippen LogP contribution in [0.5, 0.6) is 0 Å². The van der Waals surface area contributed by atoms with Crippen molar-refractivity contribution in [3.05, 3.63) is 70.5 Å². The molecule has 1 heterocycles. The number of likely N-dealkylation sites (N-methyl/N-ethyl adjacent to an activating group) is 1. The average Bonchev–Trinajstić information content (AvgIpc) is 2.70. The second-order valence-electron chi connectivity index (χ2n) is 7.41. The van der Waals surface area contributed by atoms with Crippen LogP contribution in [-0.2, 0) is 28.5 Å². The van der Waals surface area contributed by atoms with Crippen LogP contribution >= 0.6 is 12.4 Å². The first-order chi connectivity index (χ1) is 14.9. The van der Waals surface area contributed by atoms with Crippen LogP contribution in [0, 0.1) is 5.82 Å². The summed E-state index contributed by atoms with van der Waals surface area (Å²) in [4.78, 5) is 13.5. The lowest BCUT2D eigenvalue weighted by Gasteiger charge is -2.39. The number of alkyl halides is 6. The Hall–Kier alpha value is -2.37. The van der Waals surface area contributed by atoms with Crippen LogP contribution in [0.25, 0.3) is 0 Å². The summed E-state index contributed by atoms with van der Waals surface area (Å²) in [6, 6.07) is 5.68. The van der Waals surface area contributed by atoms with Gasteiger partial charge in [0.15, 0.2) is 0 Å². The molecule has 3 rings (SSSR count). The van der Waals surface area contributed by atoms with Gasteiger partial charge in [-0.15, -0.1) is 12.4 Å². The summed E-state index contributed by atoms with van der Waals surface area (Å²) < 4.78 is 96.8. The number of carbonyl (C=O) groups excluding carboxylic acids is 1. The van der Waals surface area contributed by atoms with Gasteiger partial charge in [0, 0.05) is 7.05 Å². The summed E-state index contributed by atoms with van der Waals surface area (Å²) in [6.45, 7) is -0.686. The first kappa shape index (κ1) is 26.9. The molecule has 2 aromatic carbocycles. The van der Waals surface area contributed by atoms with Gasteiger partial charge in [-0.2, -0.15) is 26.3 Å². The third-order valence-corrected chi connectivity index (χ3v) is 5.18. The van der Waals surface area contributed by atoms with Gasteiger partial charge in [-0.25, -0.2) is 4.39 Å². The monoisotopic (exact) mass is 500 g/mol. The molecule has 1 amide bonds. The van der Waals surface area contributed by atoms with E-state index in [0.29, 0.717) is 17.7 Å². The molecule has 0 spiro atoms. The Balaban J connectivity index is 0.00000385. The van der Waals surface area contributed by atoms with E-state index in [1.807, 2.05) is 0 Å². The van der Waals surface area contributed by atoms with Crippen molar-refractivity contribution in [1.82, 2.24) is 10.2 Å². The van der Waals surface area contributed by atoms with Crippen molar-refractivity contribution < 1.29 is 40.3 Å². The SMILES string of the molecule is CN1C(=O)CN[C@@H](c2ccc(F)cc2)[C@H]1COCc1cc(C(F)(F)F)cc(C(F)(F)F)c1.Cl. The maximum absolute atomic E-state index is 13.2. The molecule has 0 bridgehead atoms. The second-order valence-corrected chi connectivity index (χ2v) is 7.41. The van der Waals surface area contributed by atoms with Crippen LogP contribution in [0.2, 0.25) is 0 Å². The summed E-state index contributed by atoms with van der Waals surface area (Å²) in [6.07, 6.45) is -9.91. The van der Waals surface area contributed by atoms with Gasteiger partial charge in [-0.05, 0) is 41.5 Å². The molecule has 0 radical (unpaired) electrons. The average molecular weight is 501 g/mol. The Kier molecular flexibility index (Phi) is 8.36. The predicted molar refractivity (Wildman–Crippen MR) is 107 cm³/mol. The highest BCUT2D eigenvalue weighted by Gasteiger charge is 2.37. The Morgan fingerprint density at radius 2 is 1.55 bits per heavy atom. The number of piperazine rings is 1. The molecule has 1 fully saturated rings. The number of hydrogen-bond acceptors (Lipinski definition) is 3. The minimum atomic E-state index is -4.95. The standard InChI is InChI=1S/C21H19F7N2O2.ClH/c1-30-17(19(29-9-18(30)31)13-2-4-16(22)5-3-13)11-32-10-12-6-14(20(23,24)25)8-15(7-12)21(26,27)28;/h2-8,17,19,29H,9-11H2,1H3;1H/t17-,19+;/m1./s1. The third kappa shape index (κ3) is 6.58. The van der Waals surface area contributed by atoms with Crippen molar-refractivity contribution in [3.63, 3.8) is 0 Å². The van der Waals surface area contributed by atoms with Crippen LogP contribution in [-0.4, -0.2) is 37.0 Å². The first-order valence-corrected chi connectivity index (χ1v) is 9.47. The van der Waals surface area contributed by atoms with Crippen molar-refractivity contribution in [2.75, 3.05) is 20.2 Å². The van der Waals surface area contributed by atoms with E-state index in [4.69, 9.17) is 4.74 Å². The van der Waals surface area contributed by atoms with E-state index in [1.54, 1.807) is 0 Å². The fraction of sp³-hybridized carbons (Fsp3) is 0.381. The summed E-state index contributed by atoms with van der Waals surface area (Å²) in [5.74, 6) is -0.720. The normalized spacial score (nSPS) is 19.4.